The van der Waals surface area contributed by atoms with Crippen LogP contribution in [0.1, 0.15) is 35.2 Å². The average Bonchev–Trinajstić information content (AvgIpc) is 2.36. The summed E-state index contributed by atoms with van der Waals surface area (Å²) in [6.45, 7) is 1.78. The van der Waals surface area contributed by atoms with Gasteiger partial charge in [0, 0.05) is 12.0 Å². The minimum absolute atomic E-state index is 0.106. The molecule has 1 N–H and O–H groups in total. The number of halogens is 1. The van der Waals surface area contributed by atoms with Crippen LogP contribution in [-0.4, -0.2) is 10.9 Å². The second-order valence-electron chi connectivity index (χ2n) is 3.38. The number of phenols is 1. The molecule has 13 heavy (non-hydrogen) atoms. The Morgan fingerprint density at radius 2 is 2.23 bits per heavy atom. The third-order valence-electron chi connectivity index (χ3n) is 2.43. The van der Waals surface area contributed by atoms with Crippen molar-refractivity contribution in [3.8, 4) is 5.75 Å². The van der Waals surface area contributed by atoms with Gasteiger partial charge in [-0.05, 0) is 18.1 Å². The van der Waals surface area contributed by atoms with E-state index < -0.39 is 5.82 Å². The summed E-state index contributed by atoms with van der Waals surface area (Å²) in [7, 11) is 0. The van der Waals surface area contributed by atoms with Crippen LogP contribution >= 0.6 is 0 Å². The standard InChI is InChI=1S/C10H9FO2/c1-5-4-8(13)10-7(12)3-2-6(11)9(5)10/h2-3,5,12H,4H2,1H3/t5-/m0/s1. The highest BCUT2D eigenvalue weighted by Crippen LogP contribution is 2.38. The van der Waals surface area contributed by atoms with Gasteiger partial charge < -0.3 is 5.11 Å². The van der Waals surface area contributed by atoms with Gasteiger partial charge in [0.05, 0.1) is 5.56 Å². The van der Waals surface area contributed by atoms with Crippen LogP contribution in [0.4, 0.5) is 4.39 Å². The summed E-state index contributed by atoms with van der Waals surface area (Å²) in [6, 6.07) is 2.42. The molecule has 68 valence electrons. The molecule has 0 amide bonds. The smallest absolute Gasteiger partial charge is 0.167 e. The van der Waals surface area contributed by atoms with Gasteiger partial charge in [-0.1, -0.05) is 6.92 Å². The summed E-state index contributed by atoms with van der Waals surface area (Å²) in [5.41, 5.74) is 0.539. The van der Waals surface area contributed by atoms with Crippen LogP contribution in [0.2, 0.25) is 0 Å². The van der Waals surface area contributed by atoms with Crippen molar-refractivity contribution in [2.75, 3.05) is 0 Å². The second kappa shape index (κ2) is 2.55. The van der Waals surface area contributed by atoms with Crippen LogP contribution in [0.25, 0.3) is 0 Å². The third-order valence-corrected chi connectivity index (χ3v) is 2.43. The van der Waals surface area contributed by atoms with Crippen LogP contribution in [-0.2, 0) is 0 Å². The first-order valence-corrected chi connectivity index (χ1v) is 4.16. The Morgan fingerprint density at radius 1 is 1.54 bits per heavy atom. The third kappa shape index (κ3) is 1.03. The quantitative estimate of drug-likeness (QED) is 0.664. The van der Waals surface area contributed by atoms with Crippen molar-refractivity contribution >= 4 is 5.78 Å². The molecule has 0 radical (unpaired) electrons. The number of Topliss-reactive ketones (excluding diaryl/α,β-unsaturated/α-hetero) is 1. The largest absolute Gasteiger partial charge is 0.507 e. The molecule has 3 heteroatoms. The number of carbonyl (C=O) groups excluding carboxylic acids is 1. The number of ketones is 1. The van der Waals surface area contributed by atoms with Gasteiger partial charge in [-0.25, -0.2) is 4.39 Å². The van der Waals surface area contributed by atoms with Gasteiger partial charge in [0.1, 0.15) is 11.6 Å². The van der Waals surface area contributed by atoms with Crippen molar-refractivity contribution in [1.29, 1.82) is 0 Å². The number of phenolic OH excluding ortho intramolecular Hbond substituents is 1. The van der Waals surface area contributed by atoms with Crippen molar-refractivity contribution in [3.05, 3.63) is 29.1 Å². The normalized spacial score (nSPS) is 20.5. The maximum atomic E-state index is 13.2. The van der Waals surface area contributed by atoms with Gasteiger partial charge in [0.2, 0.25) is 0 Å². The van der Waals surface area contributed by atoms with Crippen molar-refractivity contribution in [2.45, 2.75) is 19.3 Å². The second-order valence-corrected chi connectivity index (χ2v) is 3.38. The van der Waals surface area contributed by atoms with E-state index in [0.29, 0.717) is 12.0 Å². The van der Waals surface area contributed by atoms with Crippen molar-refractivity contribution in [2.24, 2.45) is 0 Å². The maximum absolute atomic E-state index is 13.2. The van der Waals surface area contributed by atoms with Crippen LogP contribution < -0.4 is 0 Å². The molecule has 0 saturated carbocycles. The number of fused-ring (bicyclic) bond motifs is 1. The van der Waals surface area contributed by atoms with E-state index in [1.165, 1.54) is 12.1 Å². The topological polar surface area (TPSA) is 37.3 Å². The Bertz CT molecular complexity index is 385. The first-order valence-electron chi connectivity index (χ1n) is 4.16. The fraction of sp³-hybridized carbons (Fsp3) is 0.300. The van der Waals surface area contributed by atoms with Gasteiger partial charge in [-0.2, -0.15) is 0 Å². The summed E-state index contributed by atoms with van der Waals surface area (Å²) in [6.07, 6.45) is 0.295. The predicted molar refractivity (Wildman–Crippen MR) is 45.4 cm³/mol. The first-order chi connectivity index (χ1) is 6.11. The fourth-order valence-electron chi connectivity index (χ4n) is 1.84. The van der Waals surface area contributed by atoms with Crippen molar-refractivity contribution in [3.63, 3.8) is 0 Å². The number of hydrogen-bond donors (Lipinski definition) is 1. The summed E-state index contributed by atoms with van der Waals surface area (Å²) in [5, 5.41) is 9.36. The molecule has 0 saturated heterocycles. The SMILES string of the molecule is C[C@H]1CC(=O)c2c(O)ccc(F)c21. The molecule has 0 aromatic heterocycles. The number of carbonyl (C=O) groups is 1. The van der Waals surface area contributed by atoms with Gasteiger partial charge in [-0.3, -0.25) is 4.79 Å². The minimum atomic E-state index is -0.397. The Hall–Kier alpha value is -1.38. The van der Waals surface area contributed by atoms with E-state index in [1.54, 1.807) is 6.92 Å². The number of benzene rings is 1. The molecule has 1 aliphatic rings. The lowest BCUT2D eigenvalue weighted by atomic mass is 10.0. The Labute approximate surface area is 75.0 Å². The highest BCUT2D eigenvalue weighted by Gasteiger charge is 2.31. The van der Waals surface area contributed by atoms with Crippen LogP contribution in [0, 0.1) is 5.82 Å². The zero-order valence-electron chi connectivity index (χ0n) is 7.17. The lowest BCUT2D eigenvalue weighted by Gasteiger charge is -2.05. The highest BCUT2D eigenvalue weighted by atomic mass is 19.1. The van der Waals surface area contributed by atoms with Crippen LogP contribution in [0.3, 0.4) is 0 Å². The molecule has 0 aliphatic heterocycles. The fourth-order valence-corrected chi connectivity index (χ4v) is 1.84. The first kappa shape index (κ1) is 8.23. The van der Waals surface area contributed by atoms with E-state index in [1.807, 2.05) is 0 Å². The molecular weight excluding hydrogens is 171 g/mol. The van der Waals surface area contributed by atoms with E-state index in [4.69, 9.17) is 0 Å². The van der Waals surface area contributed by atoms with Gasteiger partial charge in [0.15, 0.2) is 5.78 Å². The molecular formula is C10H9FO2. The average molecular weight is 180 g/mol. The number of hydrogen-bond acceptors (Lipinski definition) is 2. The lowest BCUT2D eigenvalue weighted by Crippen LogP contribution is -1.94. The van der Waals surface area contributed by atoms with Gasteiger partial charge in [0.25, 0.3) is 0 Å². The molecule has 2 nitrogen and oxygen atoms in total. The monoisotopic (exact) mass is 180 g/mol. The Morgan fingerprint density at radius 3 is 2.85 bits per heavy atom. The minimum Gasteiger partial charge on any atom is -0.507 e. The predicted octanol–water partition coefficient (Wildman–Crippen LogP) is 2.22. The molecule has 0 spiro atoms. The van der Waals surface area contributed by atoms with E-state index >= 15 is 0 Å². The Balaban J connectivity index is 2.74. The maximum Gasteiger partial charge on any atom is 0.167 e. The molecule has 0 heterocycles. The van der Waals surface area contributed by atoms with Crippen LogP contribution in [0.5, 0.6) is 5.75 Å². The van der Waals surface area contributed by atoms with Gasteiger partial charge >= 0.3 is 0 Å². The highest BCUT2D eigenvalue weighted by molar-refractivity contribution is 6.03. The van der Waals surface area contributed by atoms with E-state index in [2.05, 4.69) is 0 Å². The van der Waals surface area contributed by atoms with E-state index in [-0.39, 0.29) is 23.0 Å². The summed E-state index contributed by atoms with van der Waals surface area (Å²) < 4.78 is 13.2. The zero-order chi connectivity index (χ0) is 9.59. The summed E-state index contributed by atoms with van der Waals surface area (Å²) >= 11 is 0. The summed E-state index contributed by atoms with van der Waals surface area (Å²) in [5.74, 6) is -0.786. The molecule has 1 aromatic rings. The van der Waals surface area contributed by atoms with Crippen LogP contribution in [0.15, 0.2) is 12.1 Å². The lowest BCUT2D eigenvalue weighted by molar-refractivity contribution is 0.0988. The van der Waals surface area contributed by atoms with Crippen molar-refractivity contribution in [1.82, 2.24) is 0 Å². The van der Waals surface area contributed by atoms with E-state index in [9.17, 15) is 14.3 Å². The molecule has 0 unspecified atom stereocenters. The molecule has 2 rings (SSSR count). The summed E-state index contributed by atoms with van der Waals surface area (Å²) in [4.78, 5) is 11.3. The Kier molecular flexibility index (Phi) is 1.62. The molecule has 1 aliphatic carbocycles. The number of aromatic hydroxyl groups is 1. The van der Waals surface area contributed by atoms with Gasteiger partial charge in [-0.15, -0.1) is 0 Å². The molecule has 1 aromatic carbocycles. The molecule has 0 fully saturated rings. The molecule has 0 bridgehead atoms. The zero-order valence-corrected chi connectivity index (χ0v) is 7.17. The van der Waals surface area contributed by atoms with Crippen molar-refractivity contribution < 1.29 is 14.3 Å². The van der Waals surface area contributed by atoms with E-state index in [0.717, 1.165) is 0 Å². The number of rotatable bonds is 0. The molecule has 1 atom stereocenters.